The van der Waals surface area contributed by atoms with Crippen LogP contribution in [0.2, 0.25) is 5.15 Å². The van der Waals surface area contributed by atoms with Crippen molar-refractivity contribution >= 4 is 35.1 Å². The highest BCUT2D eigenvalue weighted by atomic mass is 35.5. The number of ether oxygens (including phenoxy) is 2. The van der Waals surface area contributed by atoms with E-state index in [-0.39, 0.29) is 34.5 Å². The van der Waals surface area contributed by atoms with Crippen LogP contribution in [0.25, 0.3) is 0 Å². The number of hydrogen-bond donors (Lipinski definition) is 3. The zero-order valence-electron chi connectivity index (χ0n) is 22.5. The number of carbonyl (C=O) groups excluding carboxylic acids is 2. The summed E-state index contributed by atoms with van der Waals surface area (Å²) in [6, 6.07) is 23.4. The van der Waals surface area contributed by atoms with Gasteiger partial charge in [-0.15, -0.1) is 0 Å². The van der Waals surface area contributed by atoms with Gasteiger partial charge in [-0.1, -0.05) is 23.7 Å². The predicted molar refractivity (Wildman–Crippen MR) is 158 cm³/mol. The first-order valence-electron chi connectivity index (χ1n) is 13.4. The van der Waals surface area contributed by atoms with Gasteiger partial charge in [0.15, 0.2) is 0 Å². The number of nitrogens with one attached hydrogen (secondary N) is 2. The van der Waals surface area contributed by atoms with E-state index >= 15 is 0 Å². The lowest BCUT2D eigenvalue weighted by molar-refractivity contribution is 0.0697. The monoisotopic (exact) mass is 585 g/mol. The minimum absolute atomic E-state index is 0.0162. The molecule has 0 radical (unpaired) electrons. The number of carboxylic acid groups (broad SMARTS) is 1. The second kappa shape index (κ2) is 13.2. The summed E-state index contributed by atoms with van der Waals surface area (Å²) in [6.07, 6.45) is 4.85. The lowest BCUT2D eigenvalue weighted by Crippen LogP contribution is -2.39. The van der Waals surface area contributed by atoms with Crippen molar-refractivity contribution in [1.82, 2.24) is 10.3 Å². The van der Waals surface area contributed by atoms with E-state index in [1.54, 1.807) is 54.6 Å². The van der Waals surface area contributed by atoms with Gasteiger partial charge in [0, 0.05) is 23.4 Å². The third-order valence-electron chi connectivity index (χ3n) is 6.88. The summed E-state index contributed by atoms with van der Waals surface area (Å²) in [5.41, 5.74) is 1.10. The summed E-state index contributed by atoms with van der Waals surface area (Å²) in [6.45, 7) is 0. The third-order valence-corrected chi connectivity index (χ3v) is 7.09. The fourth-order valence-corrected chi connectivity index (χ4v) is 4.87. The van der Waals surface area contributed by atoms with E-state index in [2.05, 4.69) is 15.6 Å². The van der Waals surface area contributed by atoms with Gasteiger partial charge >= 0.3 is 5.97 Å². The zero-order valence-corrected chi connectivity index (χ0v) is 23.2. The normalized spacial score (nSPS) is 16.2. The summed E-state index contributed by atoms with van der Waals surface area (Å²) < 4.78 is 12.1. The molecule has 3 N–H and O–H groups in total. The fourth-order valence-electron chi connectivity index (χ4n) is 4.70. The molecule has 0 bridgehead atoms. The minimum Gasteiger partial charge on any atom is -0.490 e. The lowest BCUT2D eigenvalue weighted by atomic mass is 9.92. The Kier molecular flexibility index (Phi) is 8.99. The lowest BCUT2D eigenvalue weighted by Gasteiger charge is -2.29. The van der Waals surface area contributed by atoms with Crippen molar-refractivity contribution in [3.63, 3.8) is 0 Å². The Bertz CT molecular complexity index is 1570. The first-order chi connectivity index (χ1) is 20.3. The number of benzene rings is 3. The van der Waals surface area contributed by atoms with Crippen molar-refractivity contribution in [3.8, 4) is 17.2 Å². The molecule has 3 aromatic carbocycles. The average Bonchev–Trinajstić information content (AvgIpc) is 2.99. The Morgan fingerprint density at radius 2 is 1.43 bits per heavy atom. The van der Waals surface area contributed by atoms with Crippen molar-refractivity contribution in [1.29, 1.82) is 0 Å². The first kappa shape index (κ1) is 28.6. The second-order valence-corrected chi connectivity index (χ2v) is 10.2. The van der Waals surface area contributed by atoms with Crippen LogP contribution in [0.3, 0.4) is 0 Å². The maximum atomic E-state index is 12.6. The molecule has 5 rings (SSSR count). The summed E-state index contributed by atoms with van der Waals surface area (Å²) >= 11 is 5.89. The molecule has 0 spiro atoms. The molecular weight excluding hydrogens is 558 g/mol. The molecule has 0 atom stereocenters. The van der Waals surface area contributed by atoms with E-state index in [1.807, 2.05) is 24.3 Å². The van der Waals surface area contributed by atoms with Crippen LogP contribution < -0.4 is 20.1 Å². The second-order valence-electron chi connectivity index (χ2n) is 9.83. The topological polar surface area (TPSA) is 127 Å². The van der Waals surface area contributed by atoms with Crippen LogP contribution in [0.4, 0.5) is 5.69 Å². The van der Waals surface area contributed by atoms with Gasteiger partial charge in [-0.25, -0.2) is 9.78 Å². The maximum absolute atomic E-state index is 12.6. The molecule has 0 saturated heterocycles. The molecule has 0 unspecified atom stereocenters. The van der Waals surface area contributed by atoms with Crippen molar-refractivity contribution in [2.75, 3.05) is 5.32 Å². The minimum atomic E-state index is -1.12. The van der Waals surface area contributed by atoms with E-state index in [4.69, 9.17) is 21.1 Å². The van der Waals surface area contributed by atoms with Crippen LogP contribution in [-0.2, 0) is 0 Å². The van der Waals surface area contributed by atoms with Crippen molar-refractivity contribution in [2.45, 2.75) is 37.8 Å². The Labute approximate surface area is 247 Å². The number of aromatic nitrogens is 1. The van der Waals surface area contributed by atoms with Crippen molar-refractivity contribution in [2.24, 2.45) is 0 Å². The van der Waals surface area contributed by atoms with E-state index in [0.29, 0.717) is 22.6 Å². The van der Waals surface area contributed by atoms with Gasteiger partial charge < -0.3 is 25.2 Å². The van der Waals surface area contributed by atoms with Crippen LogP contribution in [-0.4, -0.2) is 40.0 Å². The van der Waals surface area contributed by atoms with Gasteiger partial charge in [0.2, 0.25) is 0 Å². The largest absolute Gasteiger partial charge is 0.490 e. The van der Waals surface area contributed by atoms with E-state index in [0.717, 1.165) is 31.4 Å². The molecule has 42 heavy (non-hydrogen) atoms. The van der Waals surface area contributed by atoms with Gasteiger partial charge in [-0.2, -0.15) is 0 Å². The number of amides is 2. The molecular formula is C32H28ClN3O6. The Hall–Kier alpha value is -4.89. The predicted octanol–water partition coefficient (Wildman–Crippen LogP) is 6.60. The Morgan fingerprint density at radius 3 is 2.10 bits per heavy atom. The van der Waals surface area contributed by atoms with Crippen LogP contribution in [0.1, 0.15) is 56.8 Å². The van der Waals surface area contributed by atoms with E-state index in [9.17, 15) is 19.5 Å². The van der Waals surface area contributed by atoms with Crippen LogP contribution >= 0.6 is 11.6 Å². The third kappa shape index (κ3) is 7.44. The summed E-state index contributed by atoms with van der Waals surface area (Å²) in [7, 11) is 0. The smallest absolute Gasteiger partial charge is 0.337 e. The average molecular weight is 586 g/mol. The summed E-state index contributed by atoms with van der Waals surface area (Å²) in [4.78, 5) is 40.4. The summed E-state index contributed by atoms with van der Waals surface area (Å²) in [5, 5.41) is 15.3. The van der Waals surface area contributed by atoms with Gasteiger partial charge in [0.1, 0.15) is 22.4 Å². The molecule has 1 saturated carbocycles. The molecule has 0 aliphatic heterocycles. The number of carboxylic acids is 1. The number of nitrogens with zero attached hydrogens (tertiary/aromatic N) is 1. The number of aromatic carboxylic acids is 1. The zero-order chi connectivity index (χ0) is 29.5. The molecule has 9 nitrogen and oxygen atoms in total. The van der Waals surface area contributed by atoms with Crippen LogP contribution in [0.5, 0.6) is 17.2 Å². The molecule has 10 heteroatoms. The number of carbonyl (C=O) groups is 3. The van der Waals surface area contributed by atoms with Gasteiger partial charge in [0.05, 0.1) is 17.4 Å². The van der Waals surface area contributed by atoms with Crippen LogP contribution in [0.15, 0.2) is 91.1 Å². The molecule has 1 heterocycles. The number of para-hydroxylation sites is 1. The quantitative estimate of drug-likeness (QED) is 0.189. The number of pyridine rings is 1. The van der Waals surface area contributed by atoms with Crippen molar-refractivity contribution in [3.05, 3.63) is 113 Å². The Balaban J connectivity index is 1.08. The van der Waals surface area contributed by atoms with Gasteiger partial charge in [-0.05, 0) is 98.5 Å². The standard InChI is InChI=1S/C32H28ClN3O6/c33-29-19-21(17-18-34-29)31(38)35-22-7-11-24(12-8-22)42-26-15-13-25(14-16-26)41-23-9-5-20(6-10-23)30(37)36-28-4-2-1-3-27(28)32(39)40/h1-6,9-10,13-19,22,24H,7-8,11-12H2,(H,35,38)(H,36,37)(H,39,40). The number of rotatable bonds is 9. The molecule has 1 fully saturated rings. The number of hydrogen-bond acceptors (Lipinski definition) is 6. The summed E-state index contributed by atoms with van der Waals surface area (Å²) in [5.74, 6) is 0.186. The molecule has 214 valence electrons. The fraction of sp³-hybridized carbons (Fsp3) is 0.188. The molecule has 1 aliphatic carbocycles. The van der Waals surface area contributed by atoms with Gasteiger partial charge in [-0.3, -0.25) is 9.59 Å². The first-order valence-corrected chi connectivity index (χ1v) is 13.8. The highest BCUT2D eigenvalue weighted by molar-refractivity contribution is 6.29. The van der Waals surface area contributed by atoms with E-state index in [1.165, 1.54) is 12.3 Å². The molecule has 1 aliphatic rings. The number of anilines is 1. The highest BCUT2D eigenvalue weighted by Gasteiger charge is 2.24. The van der Waals surface area contributed by atoms with E-state index < -0.39 is 11.9 Å². The molecule has 1 aromatic heterocycles. The van der Waals surface area contributed by atoms with Crippen LogP contribution in [0, 0.1) is 0 Å². The number of halogens is 1. The highest BCUT2D eigenvalue weighted by Crippen LogP contribution is 2.28. The SMILES string of the molecule is O=C(Nc1ccccc1C(=O)O)c1ccc(Oc2ccc(OC3CCC(NC(=O)c4ccnc(Cl)c4)CC3)cc2)cc1. The molecule has 4 aromatic rings. The maximum Gasteiger partial charge on any atom is 0.337 e. The molecule has 2 amide bonds. The Morgan fingerprint density at radius 1 is 0.786 bits per heavy atom. The van der Waals surface area contributed by atoms with Crippen molar-refractivity contribution < 1.29 is 29.0 Å². The van der Waals surface area contributed by atoms with Gasteiger partial charge in [0.25, 0.3) is 11.8 Å².